The summed E-state index contributed by atoms with van der Waals surface area (Å²) >= 11 is 0. The summed E-state index contributed by atoms with van der Waals surface area (Å²) in [4.78, 5) is 19.4. The number of carbonyl (C=O) groups is 1. The molecule has 0 aliphatic carbocycles. The first kappa shape index (κ1) is 26.0. The zero-order valence-corrected chi connectivity index (χ0v) is 21.4. The smallest absolute Gasteiger partial charge is 0.251 e. The molecule has 2 aromatic rings. The number of nitrogens with zero attached hydrogens (tertiary/aromatic N) is 2. The lowest BCUT2D eigenvalue weighted by molar-refractivity contribution is 0.0953. The van der Waals surface area contributed by atoms with Gasteiger partial charge in [-0.05, 0) is 43.2 Å². The Bertz CT molecular complexity index is 852. The Balaban J connectivity index is 0.00000363. The summed E-state index contributed by atoms with van der Waals surface area (Å²) < 4.78 is 6.11. The van der Waals surface area contributed by atoms with E-state index in [1.807, 2.05) is 61.5 Å². The van der Waals surface area contributed by atoms with Crippen molar-refractivity contribution in [1.82, 2.24) is 15.5 Å². The molecule has 3 rings (SSSR count). The maximum atomic E-state index is 12.2. The Morgan fingerprint density at radius 3 is 2.50 bits per heavy atom. The average Bonchev–Trinajstić information content (AvgIpc) is 2.81. The lowest BCUT2D eigenvalue weighted by atomic mass is 10.1. The van der Waals surface area contributed by atoms with Crippen molar-refractivity contribution in [3.05, 3.63) is 65.7 Å². The van der Waals surface area contributed by atoms with Crippen LogP contribution in [-0.4, -0.2) is 49.0 Å². The SMILES string of the molecule is CCCNC(=O)c1cccc(CN=C(NCC)N2CCC(Oc3ccccc3)CC2)c1.I. The second kappa shape index (κ2) is 14.0. The number of halogens is 1. The molecule has 0 atom stereocenters. The number of hydrogen-bond donors (Lipinski definition) is 2. The minimum atomic E-state index is -0.0277. The summed E-state index contributed by atoms with van der Waals surface area (Å²) in [5, 5.41) is 6.34. The molecule has 1 heterocycles. The zero-order valence-electron chi connectivity index (χ0n) is 19.0. The van der Waals surface area contributed by atoms with E-state index in [1.165, 1.54) is 0 Å². The van der Waals surface area contributed by atoms with Crippen molar-refractivity contribution < 1.29 is 9.53 Å². The molecule has 0 saturated carbocycles. The van der Waals surface area contributed by atoms with E-state index >= 15 is 0 Å². The third-order valence-corrected chi connectivity index (χ3v) is 5.26. The third-order valence-electron chi connectivity index (χ3n) is 5.26. The summed E-state index contributed by atoms with van der Waals surface area (Å²) in [5.41, 5.74) is 1.71. The van der Waals surface area contributed by atoms with E-state index in [2.05, 4.69) is 22.5 Å². The Kier molecular flexibility index (Phi) is 11.3. The van der Waals surface area contributed by atoms with E-state index in [0.717, 1.165) is 56.2 Å². The molecule has 6 nitrogen and oxygen atoms in total. The summed E-state index contributed by atoms with van der Waals surface area (Å²) in [6, 6.07) is 17.7. The van der Waals surface area contributed by atoms with Crippen LogP contribution >= 0.6 is 24.0 Å². The van der Waals surface area contributed by atoms with Crippen LogP contribution < -0.4 is 15.4 Å². The lowest BCUT2D eigenvalue weighted by Crippen LogP contribution is -2.47. The minimum absolute atomic E-state index is 0. The molecule has 0 spiro atoms. The molecular formula is C25H35IN4O2. The number of rotatable bonds is 8. The number of para-hydroxylation sites is 1. The Labute approximate surface area is 208 Å². The molecular weight excluding hydrogens is 515 g/mol. The van der Waals surface area contributed by atoms with Gasteiger partial charge in [-0.3, -0.25) is 4.79 Å². The number of benzene rings is 2. The highest BCUT2D eigenvalue weighted by molar-refractivity contribution is 14.0. The van der Waals surface area contributed by atoms with Crippen LogP contribution in [0, 0.1) is 0 Å². The first-order valence-corrected chi connectivity index (χ1v) is 11.3. The molecule has 0 unspecified atom stereocenters. The van der Waals surface area contributed by atoms with E-state index < -0.39 is 0 Å². The van der Waals surface area contributed by atoms with Crippen molar-refractivity contribution in [3.63, 3.8) is 0 Å². The highest BCUT2D eigenvalue weighted by atomic mass is 127. The molecule has 32 heavy (non-hydrogen) atoms. The van der Waals surface area contributed by atoms with Gasteiger partial charge in [-0.1, -0.05) is 37.3 Å². The molecule has 1 saturated heterocycles. The van der Waals surface area contributed by atoms with Crippen LogP contribution in [0.15, 0.2) is 59.6 Å². The van der Waals surface area contributed by atoms with Crippen molar-refractivity contribution >= 4 is 35.8 Å². The predicted molar refractivity (Wildman–Crippen MR) is 141 cm³/mol. The molecule has 2 aromatic carbocycles. The second-order valence-electron chi connectivity index (χ2n) is 7.74. The summed E-state index contributed by atoms with van der Waals surface area (Å²) in [5.74, 6) is 1.82. The molecule has 0 aromatic heterocycles. The first-order valence-electron chi connectivity index (χ1n) is 11.3. The fourth-order valence-electron chi connectivity index (χ4n) is 3.62. The Morgan fingerprint density at radius 1 is 1.06 bits per heavy atom. The molecule has 7 heteroatoms. The normalized spacial score (nSPS) is 14.4. The number of nitrogens with one attached hydrogen (secondary N) is 2. The van der Waals surface area contributed by atoms with Gasteiger partial charge >= 0.3 is 0 Å². The van der Waals surface area contributed by atoms with Crippen molar-refractivity contribution in [1.29, 1.82) is 0 Å². The van der Waals surface area contributed by atoms with Gasteiger partial charge in [0.15, 0.2) is 5.96 Å². The molecule has 1 aliphatic rings. The fraction of sp³-hybridized carbons (Fsp3) is 0.440. The molecule has 2 N–H and O–H groups in total. The number of guanidine groups is 1. The highest BCUT2D eigenvalue weighted by Gasteiger charge is 2.22. The maximum Gasteiger partial charge on any atom is 0.251 e. The van der Waals surface area contributed by atoms with E-state index in [1.54, 1.807) is 0 Å². The van der Waals surface area contributed by atoms with Crippen LogP contribution in [0.4, 0.5) is 0 Å². The van der Waals surface area contributed by atoms with Crippen LogP contribution in [0.25, 0.3) is 0 Å². The number of ether oxygens (including phenoxy) is 1. The Morgan fingerprint density at radius 2 is 1.81 bits per heavy atom. The predicted octanol–water partition coefficient (Wildman–Crippen LogP) is 4.45. The van der Waals surface area contributed by atoms with Gasteiger partial charge in [-0.25, -0.2) is 4.99 Å². The van der Waals surface area contributed by atoms with Gasteiger partial charge in [0.1, 0.15) is 11.9 Å². The molecule has 0 bridgehead atoms. The zero-order chi connectivity index (χ0) is 21.9. The van der Waals surface area contributed by atoms with Crippen LogP contribution in [0.2, 0.25) is 0 Å². The molecule has 1 aliphatic heterocycles. The van der Waals surface area contributed by atoms with Gasteiger partial charge in [0.25, 0.3) is 5.91 Å². The Hall–Kier alpha value is -2.29. The van der Waals surface area contributed by atoms with Gasteiger partial charge in [-0.2, -0.15) is 0 Å². The average molecular weight is 550 g/mol. The van der Waals surface area contributed by atoms with Crippen molar-refractivity contribution in [2.24, 2.45) is 4.99 Å². The number of likely N-dealkylation sites (tertiary alicyclic amines) is 1. The van der Waals surface area contributed by atoms with Gasteiger partial charge in [0.2, 0.25) is 0 Å². The molecule has 174 valence electrons. The summed E-state index contributed by atoms with van der Waals surface area (Å²) in [6.07, 6.45) is 3.09. The first-order chi connectivity index (χ1) is 15.2. The van der Waals surface area contributed by atoms with Gasteiger partial charge in [0, 0.05) is 44.6 Å². The van der Waals surface area contributed by atoms with E-state index in [0.29, 0.717) is 18.7 Å². The number of piperidine rings is 1. The number of aliphatic imine (C=N–C) groups is 1. The van der Waals surface area contributed by atoms with Crippen LogP contribution in [0.1, 0.15) is 49.0 Å². The van der Waals surface area contributed by atoms with Crippen molar-refractivity contribution in [3.8, 4) is 5.75 Å². The molecule has 1 fully saturated rings. The van der Waals surface area contributed by atoms with E-state index in [4.69, 9.17) is 9.73 Å². The summed E-state index contributed by atoms with van der Waals surface area (Å²) in [6.45, 7) is 7.99. The number of hydrogen-bond acceptors (Lipinski definition) is 3. The fourth-order valence-corrected chi connectivity index (χ4v) is 3.62. The quantitative estimate of drug-likeness (QED) is 0.290. The monoisotopic (exact) mass is 550 g/mol. The van der Waals surface area contributed by atoms with Crippen LogP contribution in [-0.2, 0) is 6.54 Å². The maximum absolute atomic E-state index is 12.2. The number of carbonyl (C=O) groups excluding carboxylic acids is 1. The van der Waals surface area contributed by atoms with Gasteiger partial charge in [0.05, 0.1) is 6.54 Å². The van der Waals surface area contributed by atoms with Crippen LogP contribution in [0.5, 0.6) is 5.75 Å². The minimum Gasteiger partial charge on any atom is -0.490 e. The van der Waals surface area contributed by atoms with Gasteiger partial charge < -0.3 is 20.3 Å². The van der Waals surface area contributed by atoms with Crippen molar-refractivity contribution in [2.75, 3.05) is 26.2 Å². The largest absolute Gasteiger partial charge is 0.490 e. The van der Waals surface area contributed by atoms with E-state index in [-0.39, 0.29) is 36.0 Å². The molecule has 1 amide bonds. The topological polar surface area (TPSA) is 66.0 Å². The standard InChI is InChI=1S/C25H34N4O2.HI/c1-3-15-27-24(30)21-10-8-9-20(18-21)19-28-25(26-4-2)29-16-13-23(14-17-29)31-22-11-6-5-7-12-22;/h5-12,18,23H,3-4,13-17,19H2,1-2H3,(H,26,28)(H,27,30);1H. The summed E-state index contributed by atoms with van der Waals surface area (Å²) in [7, 11) is 0. The van der Waals surface area contributed by atoms with Crippen LogP contribution in [0.3, 0.4) is 0 Å². The lowest BCUT2D eigenvalue weighted by Gasteiger charge is -2.34. The van der Waals surface area contributed by atoms with Gasteiger partial charge in [-0.15, -0.1) is 24.0 Å². The second-order valence-corrected chi connectivity index (χ2v) is 7.74. The highest BCUT2D eigenvalue weighted by Crippen LogP contribution is 2.19. The van der Waals surface area contributed by atoms with E-state index in [9.17, 15) is 4.79 Å². The van der Waals surface area contributed by atoms with Crippen molar-refractivity contribution in [2.45, 2.75) is 45.8 Å². The molecule has 0 radical (unpaired) electrons. The number of amides is 1. The third kappa shape index (κ3) is 8.00.